The van der Waals surface area contributed by atoms with Gasteiger partial charge < -0.3 is 27.9 Å². The zero-order valence-corrected chi connectivity index (χ0v) is 48.1. The van der Waals surface area contributed by atoms with Gasteiger partial charge >= 0.3 is 11.9 Å². The van der Waals surface area contributed by atoms with Crippen molar-refractivity contribution in [1.29, 1.82) is 0 Å². The molecule has 0 aliphatic carbocycles. The van der Waals surface area contributed by atoms with Crippen LogP contribution in [-0.2, 0) is 32.7 Å². The number of carbonyl (C=O) groups is 2. The average molecular weight is 1050 g/mol. The Bertz CT molecular complexity index is 1760. The molecule has 418 valence electrons. The number of hydrogen-bond donors (Lipinski definition) is 0. The van der Waals surface area contributed by atoms with Crippen molar-refractivity contribution in [2.24, 2.45) is 0 Å². The molecule has 0 aromatic heterocycles. The van der Waals surface area contributed by atoms with E-state index in [1.165, 1.54) is 0 Å². The fourth-order valence-corrected chi connectivity index (χ4v) is 7.74. The highest BCUT2D eigenvalue weighted by molar-refractivity contribution is 7.45. The Morgan fingerprint density at radius 1 is 0.419 bits per heavy atom. The number of phosphoric ester groups is 1. The van der Waals surface area contributed by atoms with Crippen molar-refractivity contribution in [2.75, 3.05) is 47.5 Å². The van der Waals surface area contributed by atoms with Gasteiger partial charge in [0, 0.05) is 12.8 Å². The van der Waals surface area contributed by atoms with Gasteiger partial charge in [0.15, 0.2) is 6.10 Å². The number of likely N-dealkylation sites (N-methyl/N-ethyl adjacent to an activating group) is 1. The van der Waals surface area contributed by atoms with E-state index in [0.717, 1.165) is 154 Å². The number of nitrogens with zero attached hydrogens (tertiary/aromatic N) is 1. The third-order valence-electron chi connectivity index (χ3n) is 11.4. The minimum atomic E-state index is -4.66. The van der Waals surface area contributed by atoms with E-state index in [2.05, 4.69) is 160 Å². The van der Waals surface area contributed by atoms with Gasteiger partial charge in [-0.1, -0.05) is 211 Å². The molecule has 0 fully saturated rings. The lowest BCUT2D eigenvalue weighted by molar-refractivity contribution is -0.870. The predicted octanol–water partition coefficient (Wildman–Crippen LogP) is 17.3. The number of allylic oxidation sites excluding steroid dienone is 24. The van der Waals surface area contributed by atoms with Crippen molar-refractivity contribution in [2.45, 2.75) is 200 Å². The summed E-state index contributed by atoms with van der Waals surface area (Å²) in [5, 5.41) is 0. The van der Waals surface area contributed by atoms with Crippen molar-refractivity contribution in [3.8, 4) is 0 Å². The first-order valence-corrected chi connectivity index (χ1v) is 30.0. The quantitative estimate of drug-likeness (QED) is 0.0195. The van der Waals surface area contributed by atoms with E-state index in [1.807, 2.05) is 21.1 Å². The smallest absolute Gasteiger partial charge is 0.306 e. The van der Waals surface area contributed by atoms with Crippen LogP contribution in [0.1, 0.15) is 194 Å². The van der Waals surface area contributed by atoms with Crippen LogP contribution in [0.25, 0.3) is 0 Å². The highest BCUT2D eigenvalue weighted by Gasteiger charge is 2.21. The number of ether oxygens (including phenoxy) is 2. The molecule has 9 nitrogen and oxygen atoms in total. The summed E-state index contributed by atoms with van der Waals surface area (Å²) >= 11 is 0. The third kappa shape index (κ3) is 57.2. The summed E-state index contributed by atoms with van der Waals surface area (Å²) in [5.74, 6) is -0.881. The van der Waals surface area contributed by atoms with Crippen molar-refractivity contribution < 1.29 is 42.1 Å². The molecule has 0 spiro atoms. The Hall–Kier alpha value is -4.11. The molecule has 0 aliphatic rings. The van der Waals surface area contributed by atoms with E-state index in [0.29, 0.717) is 23.9 Å². The SMILES string of the molecule is CC/C=C\C/C=C\C/C=C\C/C=C\C/C=C\C/C=C\CCCCCCCCC(=O)OCC(COP(=O)([O-])OCC[N+](C)(C)C)OC(=O)CCCCCCCC/C=C\C/C=C\C/C=C\C/C=C\C/C=C\C/C=C\CC. The average Bonchev–Trinajstić information content (AvgIpc) is 3.36. The summed E-state index contributed by atoms with van der Waals surface area (Å²) in [5.41, 5.74) is 0. The number of carbonyl (C=O) groups excluding carboxylic acids is 2. The van der Waals surface area contributed by atoms with Gasteiger partial charge in [-0.3, -0.25) is 14.2 Å². The molecule has 0 aromatic rings. The summed E-state index contributed by atoms with van der Waals surface area (Å²) in [4.78, 5) is 37.9. The van der Waals surface area contributed by atoms with Gasteiger partial charge in [-0.25, -0.2) is 0 Å². The van der Waals surface area contributed by atoms with Crippen LogP contribution >= 0.6 is 7.82 Å². The highest BCUT2D eigenvalue weighted by atomic mass is 31.2. The molecule has 0 heterocycles. The molecule has 0 rings (SSSR count). The van der Waals surface area contributed by atoms with Crippen molar-refractivity contribution in [3.63, 3.8) is 0 Å². The highest BCUT2D eigenvalue weighted by Crippen LogP contribution is 2.38. The van der Waals surface area contributed by atoms with Crippen LogP contribution in [0.2, 0.25) is 0 Å². The van der Waals surface area contributed by atoms with Gasteiger partial charge in [0.2, 0.25) is 0 Å². The second kappa shape index (κ2) is 53.7. The lowest BCUT2D eigenvalue weighted by atomic mass is 10.1. The largest absolute Gasteiger partial charge is 0.756 e. The first kappa shape index (κ1) is 69.9. The van der Waals surface area contributed by atoms with Gasteiger partial charge in [0.25, 0.3) is 7.82 Å². The molecule has 0 saturated carbocycles. The number of quaternary nitrogens is 1. The second-order valence-electron chi connectivity index (χ2n) is 19.5. The van der Waals surface area contributed by atoms with E-state index >= 15 is 0 Å². The Balaban J connectivity index is 4.31. The molecule has 2 atom stereocenters. The molecule has 0 radical (unpaired) electrons. The van der Waals surface area contributed by atoms with Crippen LogP contribution < -0.4 is 4.89 Å². The van der Waals surface area contributed by atoms with E-state index in [9.17, 15) is 19.0 Å². The van der Waals surface area contributed by atoms with E-state index in [4.69, 9.17) is 18.5 Å². The van der Waals surface area contributed by atoms with Crippen LogP contribution in [0, 0.1) is 0 Å². The van der Waals surface area contributed by atoms with Gasteiger partial charge in [0.05, 0.1) is 27.7 Å². The number of phosphoric acid groups is 1. The van der Waals surface area contributed by atoms with Crippen LogP contribution in [0.15, 0.2) is 146 Å². The lowest BCUT2D eigenvalue weighted by Gasteiger charge is -2.28. The normalized spacial score (nSPS) is 14.4. The first-order valence-electron chi connectivity index (χ1n) is 28.5. The molecular weight excluding hydrogens is 942 g/mol. The molecule has 2 unspecified atom stereocenters. The van der Waals surface area contributed by atoms with Gasteiger partial charge in [-0.05, 0) is 116 Å². The number of esters is 2. The molecular formula is C64H104NO8P. The lowest BCUT2D eigenvalue weighted by Crippen LogP contribution is -2.37. The van der Waals surface area contributed by atoms with Crippen molar-refractivity contribution in [3.05, 3.63) is 146 Å². The zero-order valence-electron chi connectivity index (χ0n) is 47.2. The molecule has 74 heavy (non-hydrogen) atoms. The fourth-order valence-electron chi connectivity index (χ4n) is 7.01. The molecule has 10 heteroatoms. The summed E-state index contributed by atoms with van der Waals surface area (Å²) in [6.45, 7) is 3.95. The number of hydrogen-bond acceptors (Lipinski definition) is 8. The van der Waals surface area contributed by atoms with Crippen LogP contribution in [0.5, 0.6) is 0 Å². The third-order valence-corrected chi connectivity index (χ3v) is 12.3. The van der Waals surface area contributed by atoms with E-state index in [-0.39, 0.29) is 26.1 Å². The first-order chi connectivity index (χ1) is 36.0. The van der Waals surface area contributed by atoms with Crippen LogP contribution in [0.3, 0.4) is 0 Å². The van der Waals surface area contributed by atoms with E-state index < -0.39 is 32.5 Å². The van der Waals surface area contributed by atoms with Crippen LogP contribution in [0.4, 0.5) is 0 Å². The molecule has 0 bridgehead atoms. The summed E-state index contributed by atoms with van der Waals surface area (Å²) in [7, 11) is 1.12. The monoisotopic (exact) mass is 1050 g/mol. The maximum atomic E-state index is 12.8. The topological polar surface area (TPSA) is 111 Å². The summed E-state index contributed by atoms with van der Waals surface area (Å²) in [6.07, 6.45) is 78.8. The van der Waals surface area contributed by atoms with Crippen molar-refractivity contribution in [1.82, 2.24) is 0 Å². The Labute approximate surface area is 453 Å². The number of unbranched alkanes of at least 4 members (excludes halogenated alkanes) is 12. The molecule has 0 N–H and O–H groups in total. The van der Waals surface area contributed by atoms with Gasteiger partial charge in [-0.15, -0.1) is 0 Å². The van der Waals surface area contributed by atoms with Crippen LogP contribution in [-0.4, -0.2) is 70.0 Å². The molecule has 0 aromatic carbocycles. The maximum absolute atomic E-state index is 12.8. The van der Waals surface area contributed by atoms with E-state index in [1.54, 1.807) is 0 Å². The minimum absolute atomic E-state index is 0.0459. The Kier molecular flexibility index (Phi) is 50.7. The Morgan fingerprint density at radius 2 is 0.730 bits per heavy atom. The molecule has 0 aliphatic heterocycles. The van der Waals surface area contributed by atoms with Crippen molar-refractivity contribution >= 4 is 19.8 Å². The Morgan fingerprint density at radius 3 is 1.08 bits per heavy atom. The predicted molar refractivity (Wildman–Crippen MR) is 314 cm³/mol. The van der Waals surface area contributed by atoms with Gasteiger partial charge in [0.1, 0.15) is 19.8 Å². The summed E-state index contributed by atoms with van der Waals surface area (Å²) in [6, 6.07) is 0. The maximum Gasteiger partial charge on any atom is 0.306 e. The standard InChI is InChI=1S/C64H104NO8P/c1-6-8-10-12-14-16-18-20-22-24-26-28-30-32-34-36-38-40-42-44-46-48-50-52-54-56-63(66)70-60-62(61-72-74(68,69)71-59-58-65(3,4)5)73-64(67)57-55-53-51-49-47-45-43-41-39-37-35-33-31-29-27-25-23-21-19-17-15-13-11-9-7-2/h8-11,14-17,20-23,26-29,32-35,38-41,62H,6-7,12-13,18-19,24-25,30-31,36-37,42-61H2,1-5H3/b10-8-,11-9-,16-14-,17-15-,22-20-,23-21-,28-26-,29-27-,34-32-,35-33-,40-38-,41-39-. The zero-order chi connectivity index (χ0) is 54.2. The fraction of sp³-hybridized carbons (Fsp3) is 0.594. The second-order valence-corrected chi connectivity index (χ2v) is 20.9. The number of rotatable bonds is 50. The summed E-state index contributed by atoms with van der Waals surface area (Å²) < 4.78 is 34.1. The minimum Gasteiger partial charge on any atom is -0.756 e. The van der Waals surface area contributed by atoms with Gasteiger partial charge in [-0.2, -0.15) is 0 Å². The molecule has 0 amide bonds. The molecule has 0 saturated heterocycles.